The first-order valence-electron chi connectivity index (χ1n) is 5.73. The van der Waals surface area contributed by atoms with Crippen LogP contribution in [0.3, 0.4) is 0 Å². The van der Waals surface area contributed by atoms with Crippen LogP contribution in [0.25, 0.3) is 0 Å². The maximum atomic E-state index is 5.72. The molecular weight excluding hydrogens is 296 g/mol. The lowest BCUT2D eigenvalue weighted by molar-refractivity contribution is 0.573. The Kier molecular flexibility index (Phi) is 3.46. The maximum absolute atomic E-state index is 5.72. The maximum Gasteiger partial charge on any atom is 0.106 e. The second kappa shape index (κ2) is 4.58. The Morgan fingerprint density at radius 1 is 1.59 bits per heavy atom. The summed E-state index contributed by atoms with van der Waals surface area (Å²) in [5.74, 6) is 0.751. The SMILES string of the molecule is CC1(C)CC1CNc1cc(Br)ccc1C(N)=S. The van der Waals surface area contributed by atoms with Crippen molar-refractivity contribution in [2.45, 2.75) is 20.3 Å². The lowest BCUT2D eigenvalue weighted by Crippen LogP contribution is -2.15. The van der Waals surface area contributed by atoms with Crippen LogP contribution in [0.2, 0.25) is 0 Å². The highest BCUT2D eigenvalue weighted by atomic mass is 79.9. The first-order valence-corrected chi connectivity index (χ1v) is 6.93. The highest BCUT2D eigenvalue weighted by Gasteiger charge is 2.44. The quantitative estimate of drug-likeness (QED) is 0.835. The third-order valence-corrected chi connectivity index (χ3v) is 4.22. The summed E-state index contributed by atoms with van der Waals surface area (Å²) in [5.41, 5.74) is 8.15. The molecular formula is C13H17BrN2S. The Labute approximate surface area is 116 Å². The summed E-state index contributed by atoms with van der Waals surface area (Å²) in [4.78, 5) is 0.440. The van der Waals surface area contributed by atoms with Gasteiger partial charge in [-0.25, -0.2) is 0 Å². The van der Waals surface area contributed by atoms with Crippen LogP contribution in [0, 0.1) is 11.3 Å². The van der Waals surface area contributed by atoms with Gasteiger partial charge in [-0.2, -0.15) is 0 Å². The number of hydrogen-bond donors (Lipinski definition) is 2. The molecule has 0 radical (unpaired) electrons. The van der Waals surface area contributed by atoms with Crippen LogP contribution in [0.5, 0.6) is 0 Å². The fourth-order valence-corrected chi connectivity index (χ4v) is 2.57. The van der Waals surface area contributed by atoms with Crippen LogP contribution in [0.1, 0.15) is 25.8 Å². The van der Waals surface area contributed by atoms with E-state index in [9.17, 15) is 0 Å². The number of benzene rings is 1. The van der Waals surface area contributed by atoms with Gasteiger partial charge in [0.05, 0.1) is 0 Å². The summed E-state index contributed by atoms with van der Waals surface area (Å²) in [7, 11) is 0. The molecule has 1 aliphatic rings. The zero-order valence-electron chi connectivity index (χ0n) is 10.1. The molecule has 0 heterocycles. The van der Waals surface area contributed by atoms with E-state index in [0.717, 1.165) is 28.2 Å². The minimum absolute atomic E-state index is 0.440. The lowest BCUT2D eigenvalue weighted by atomic mass is 10.1. The number of rotatable bonds is 4. The topological polar surface area (TPSA) is 38.0 Å². The number of hydrogen-bond acceptors (Lipinski definition) is 2. The normalized spacial score (nSPS) is 21.0. The Morgan fingerprint density at radius 3 is 2.76 bits per heavy atom. The van der Waals surface area contributed by atoms with E-state index in [1.165, 1.54) is 6.42 Å². The minimum Gasteiger partial charge on any atom is -0.389 e. The zero-order valence-corrected chi connectivity index (χ0v) is 12.5. The molecule has 0 aliphatic heterocycles. The van der Waals surface area contributed by atoms with Crippen molar-refractivity contribution in [2.24, 2.45) is 17.1 Å². The van der Waals surface area contributed by atoms with Gasteiger partial charge in [0.25, 0.3) is 0 Å². The molecule has 1 atom stereocenters. The van der Waals surface area contributed by atoms with Crippen molar-refractivity contribution < 1.29 is 0 Å². The third kappa shape index (κ3) is 2.99. The Morgan fingerprint density at radius 2 is 2.24 bits per heavy atom. The second-order valence-corrected chi connectivity index (χ2v) is 6.68. The smallest absolute Gasteiger partial charge is 0.106 e. The number of nitrogens with two attached hydrogens (primary N) is 1. The summed E-state index contributed by atoms with van der Waals surface area (Å²) in [6, 6.07) is 5.94. The molecule has 0 aromatic heterocycles. The average molecular weight is 313 g/mol. The van der Waals surface area contributed by atoms with Crippen molar-refractivity contribution in [3.05, 3.63) is 28.2 Å². The van der Waals surface area contributed by atoms with Crippen molar-refractivity contribution in [3.8, 4) is 0 Å². The van der Waals surface area contributed by atoms with Gasteiger partial charge in [0, 0.05) is 22.3 Å². The van der Waals surface area contributed by atoms with E-state index in [2.05, 4.69) is 35.1 Å². The number of thiocarbonyl (C=S) groups is 1. The van der Waals surface area contributed by atoms with E-state index in [-0.39, 0.29) is 0 Å². The molecule has 0 amide bonds. The van der Waals surface area contributed by atoms with Crippen LogP contribution in [0.4, 0.5) is 5.69 Å². The molecule has 2 nitrogen and oxygen atoms in total. The van der Waals surface area contributed by atoms with Gasteiger partial charge >= 0.3 is 0 Å². The summed E-state index contributed by atoms with van der Waals surface area (Å²) >= 11 is 8.52. The Balaban J connectivity index is 2.09. The van der Waals surface area contributed by atoms with Crippen LogP contribution in [0.15, 0.2) is 22.7 Å². The van der Waals surface area contributed by atoms with E-state index in [1.807, 2.05) is 18.2 Å². The highest BCUT2D eigenvalue weighted by Crippen LogP contribution is 2.51. The number of nitrogens with one attached hydrogen (secondary N) is 1. The molecule has 3 N–H and O–H groups in total. The van der Waals surface area contributed by atoms with Gasteiger partial charge in [0.2, 0.25) is 0 Å². The van der Waals surface area contributed by atoms with E-state index in [0.29, 0.717) is 10.4 Å². The molecule has 1 aromatic carbocycles. The van der Waals surface area contributed by atoms with Gasteiger partial charge in [-0.15, -0.1) is 0 Å². The highest BCUT2D eigenvalue weighted by molar-refractivity contribution is 9.10. The van der Waals surface area contributed by atoms with Gasteiger partial charge in [-0.1, -0.05) is 42.0 Å². The fraction of sp³-hybridized carbons (Fsp3) is 0.462. The van der Waals surface area contributed by atoms with E-state index in [4.69, 9.17) is 18.0 Å². The molecule has 92 valence electrons. The molecule has 17 heavy (non-hydrogen) atoms. The van der Waals surface area contributed by atoms with Crippen LogP contribution >= 0.6 is 28.1 Å². The first kappa shape index (κ1) is 12.8. The fourth-order valence-electron chi connectivity index (χ4n) is 2.04. The monoisotopic (exact) mass is 312 g/mol. The van der Waals surface area contributed by atoms with Crippen LogP contribution in [-0.2, 0) is 0 Å². The van der Waals surface area contributed by atoms with Gasteiger partial charge in [0.15, 0.2) is 0 Å². The minimum atomic E-state index is 0.440. The average Bonchev–Trinajstić information content (AvgIpc) is 2.83. The molecule has 0 spiro atoms. The third-order valence-electron chi connectivity index (χ3n) is 3.50. The van der Waals surface area contributed by atoms with Crippen molar-refractivity contribution >= 4 is 38.8 Å². The molecule has 0 saturated heterocycles. The summed E-state index contributed by atoms with van der Waals surface area (Å²) < 4.78 is 1.04. The van der Waals surface area contributed by atoms with Gasteiger partial charge < -0.3 is 11.1 Å². The standard InChI is InChI=1S/C13H17BrN2S/c1-13(2)6-8(13)7-16-11-5-9(14)3-4-10(11)12(15)17/h3-5,8,16H,6-7H2,1-2H3,(H2,15,17). The van der Waals surface area contributed by atoms with Crippen molar-refractivity contribution in [1.29, 1.82) is 0 Å². The van der Waals surface area contributed by atoms with Crippen molar-refractivity contribution in [3.63, 3.8) is 0 Å². The molecule has 1 aliphatic carbocycles. The summed E-state index contributed by atoms with van der Waals surface area (Å²) in [6.45, 7) is 5.59. The second-order valence-electron chi connectivity index (χ2n) is 5.32. The Bertz CT molecular complexity index is 457. The van der Waals surface area contributed by atoms with Crippen LogP contribution < -0.4 is 11.1 Å². The molecule has 1 unspecified atom stereocenters. The Hall–Kier alpha value is -0.610. The number of halogens is 1. The molecule has 0 bridgehead atoms. The molecule has 4 heteroatoms. The van der Waals surface area contributed by atoms with Gasteiger partial charge in [0.1, 0.15) is 4.99 Å². The van der Waals surface area contributed by atoms with Gasteiger partial charge in [-0.05, 0) is 36.0 Å². The summed E-state index contributed by atoms with van der Waals surface area (Å²) in [6.07, 6.45) is 1.29. The van der Waals surface area contributed by atoms with Crippen LogP contribution in [-0.4, -0.2) is 11.5 Å². The number of anilines is 1. The van der Waals surface area contributed by atoms with E-state index in [1.54, 1.807) is 0 Å². The van der Waals surface area contributed by atoms with Crippen molar-refractivity contribution in [1.82, 2.24) is 0 Å². The lowest BCUT2D eigenvalue weighted by Gasteiger charge is -2.12. The summed E-state index contributed by atoms with van der Waals surface area (Å²) in [5, 5.41) is 3.46. The van der Waals surface area contributed by atoms with E-state index < -0.39 is 0 Å². The molecule has 1 saturated carbocycles. The van der Waals surface area contributed by atoms with Gasteiger partial charge in [-0.3, -0.25) is 0 Å². The molecule has 1 fully saturated rings. The zero-order chi connectivity index (χ0) is 12.6. The predicted octanol–water partition coefficient (Wildman–Crippen LogP) is 3.54. The molecule has 2 rings (SSSR count). The largest absolute Gasteiger partial charge is 0.389 e. The molecule has 1 aromatic rings. The first-order chi connectivity index (χ1) is 7.90. The van der Waals surface area contributed by atoms with E-state index >= 15 is 0 Å². The van der Waals surface area contributed by atoms with Crippen molar-refractivity contribution in [2.75, 3.05) is 11.9 Å². The predicted molar refractivity (Wildman–Crippen MR) is 80.4 cm³/mol.